The number of nitrogens with one attached hydrogen (secondary N) is 1. The molecule has 1 unspecified atom stereocenters. The SMILES string of the molecule is COc1ccc(-c2nc(S(=N)(=O)Cc3ccc(Cl)nc3)sc2C)cc1. The second kappa shape index (κ2) is 7.11. The minimum Gasteiger partial charge on any atom is -0.497 e. The van der Waals surface area contributed by atoms with E-state index in [9.17, 15) is 4.21 Å². The second-order valence-electron chi connectivity index (χ2n) is 5.42. The zero-order valence-corrected chi connectivity index (χ0v) is 16.0. The van der Waals surface area contributed by atoms with Gasteiger partial charge >= 0.3 is 0 Å². The molecule has 0 radical (unpaired) electrons. The summed E-state index contributed by atoms with van der Waals surface area (Å²) in [6.45, 7) is 1.92. The van der Waals surface area contributed by atoms with Crippen molar-refractivity contribution >= 4 is 32.7 Å². The van der Waals surface area contributed by atoms with E-state index in [4.69, 9.17) is 21.1 Å². The van der Waals surface area contributed by atoms with Gasteiger partial charge in [-0.05, 0) is 42.8 Å². The Morgan fingerprint density at radius 2 is 1.96 bits per heavy atom. The number of aromatic nitrogens is 2. The quantitative estimate of drug-likeness (QED) is 0.633. The summed E-state index contributed by atoms with van der Waals surface area (Å²) in [4.78, 5) is 9.39. The predicted octanol–water partition coefficient (Wildman–Crippen LogP) is 4.78. The molecule has 0 aliphatic heterocycles. The molecule has 2 aromatic heterocycles. The summed E-state index contributed by atoms with van der Waals surface area (Å²) in [6, 6.07) is 10.9. The zero-order valence-electron chi connectivity index (χ0n) is 13.7. The van der Waals surface area contributed by atoms with Gasteiger partial charge in [0.25, 0.3) is 0 Å². The van der Waals surface area contributed by atoms with Crippen LogP contribution in [0.1, 0.15) is 10.4 Å². The average molecular weight is 394 g/mol. The van der Waals surface area contributed by atoms with Crippen LogP contribution < -0.4 is 4.74 Å². The number of benzene rings is 1. The molecule has 0 saturated heterocycles. The van der Waals surface area contributed by atoms with Crippen LogP contribution >= 0.6 is 22.9 Å². The van der Waals surface area contributed by atoms with Crippen molar-refractivity contribution in [3.05, 3.63) is 58.2 Å². The predicted molar refractivity (Wildman–Crippen MR) is 101 cm³/mol. The number of aryl methyl sites for hydroxylation is 1. The van der Waals surface area contributed by atoms with Crippen LogP contribution in [0.15, 0.2) is 46.9 Å². The number of pyridine rings is 1. The molecular weight excluding hydrogens is 378 g/mol. The number of methoxy groups -OCH3 is 1. The Hall–Kier alpha value is -1.96. The highest BCUT2D eigenvalue weighted by Gasteiger charge is 2.19. The Morgan fingerprint density at radius 1 is 1.24 bits per heavy atom. The van der Waals surface area contributed by atoms with E-state index in [1.165, 1.54) is 11.3 Å². The fraction of sp³-hybridized carbons (Fsp3) is 0.176. The van der Waals surface area contributed by atoms with Crippen molar-refractivity contribution in [3.8, 4) is 17.0 Å². The van der Waals surface area contributed by atoms with Gasteiger partial charge in [0.2, 0.25) is 0 Å². The topological polar surface area (TPSA) is 75.9 Å². The van der Waals surface area contributed by atoms with E-state index in [1.807, 2.05) is 31.2 Å². The van der Waals surface area contributed by atoms with Gasteiger partial charge < -0.3 is 4.74 Å². The molecule has 0 amide bonds. The van der Waals surface area contributed by atoms with Crippen LogP contribution in [0.2, 0.25) is 5.15 Å². The van der Waals surface area contributed by atoms with E-state index in [-0.39, 0.29) is 5.75 Å². The number of halogens is 1. The Labute approximate surface area is 155 Å². The molecule has 1 N–H and O–H groups in total. The molecular formula is C17H16ClN3O2S2. The van der Waals surface area contributed by atoms with Crippen LogP contribution in [0.25, 0.3) is 11.3 Å². The first-order chi connectivity index (χ1) is 11.9. The van der Waals surface area contributed by atoms with E-state index < -0.39 is 9.73 Å². The van der Waals surface area contributed by atoms with E-state index in [2.05, 4.69) is 9.97 Å². The maximum absolute atomic E-state index is 12.9. The summed E-state index contributed by atoms with van der Waals surface area (Å²) >= 11 is 7.06. The molecule has 3 rings (SSSR count). The lowest BCUT2D eigenvalue weighted by Gasteiger charge is -2.04. The highest BCUT2D eigenvalue weighted by atomic mass is 35.5. The molecule has 1 atom stereocenters. The molecule has 0 bridgehead atoms. The Bertz CT molecular complexity index is 982. The summed E-state index contributed by atoms with van der Waals surface area (Å²) in [5, 5.41) is 0.368. The van der Waals surface area contributed by atoms with Crippen LogP contribution in [0.4, 0.5) is 0 Å². The molecule has 25 heavy (non-hydrogen) atoms. The summed E-state index contributed by atoms with van der Waals surface area (Å²) in [5.41, 5.74) is 2.35. The lowest BCUT2D eigenvalue weighted by Crippen LogP contribution is -2.03. The van der Waals surface area contributed by atoms with Gasteiger partial charge in [-0.25, -0.2) is 19.0 Å². The molecule has 3 aromatic rings. The second-order valence-corrected chi connectivity index (χ2v) is 9.30. The maximum atomic E-state index is 12.9. The molecule has 0 spiro atoms. The normalized spacial score (nSPS) is 13.4. The zero-order chi connectivity index (χ0) is 18.0. The van der Waals surface area contributed by atoms with Crippen LogP contribution in [0.3, 0.4) is 0 Å². The van der Waals surface area contributed by atoms with Crippen molar-refractivity contribution in [3.63, 3.8) is 0 Å². The molecule has 0 aliphatic rings. The monoisotopic (exact) mass is 393 g/mol. The summed E-state index contributed by atoms with van der Waals surface area (Å²) in [6.07, 6.45) is 1.54. The first-order valence-electron chi connectivity index (χ1n) is 7.38. The Morgan fingerprint density at radius 3 is 2.56 bits per heavy atom. The largest absolute Gasteiger partial charge is 0.497 e. The standard InChI is InChI=1S/C17H16ClN3O2S2/c1-11-16(13-4-6-14(23-2)7-5-13)21-17(24-11)25(19,22)10-12-3-8-15(18)20-9-12/h3-9,19H,10H2,1-2H3. The smallest absolute Gasteiger partial charge is 0.190 e. The number of ether oxygens (including phenoxy) is 1. The summed E-state index contributed by atoms with van der Waals surface area (Å²) < 4.78 is 26.6. The van der Waals surface area contributed by atoms with Gasteiger partial charge in [-0.2, -0.15) is 0 Å². The molecule has 5 nitrogen and oxygen atoms in total. The molecule has 0 fully saturated rings. The van der Waals surface area contributed by atoms with Crippen molar-refractivity contribution in [1.29, 1.82) is 4.78 Å². The Balaban J connectivity index is 1.91. The lowest BCUT2D eigenvalue weighted by molar-refractivity contribution is 0.415. The van der Waals surface area contributed by atoms with Crippen LogP contribution in [0.5, 0.6) is 5.75 Å². The van der Waals surface area contributed by atoms with Gasteiger partial charge in [0.05, 0.1) is 18.6 Å². The lowest BCUT2D eigenvalue weighted by atomic mass is 10.1. The molecule has 0 saturated carbocycles. The number of hydrogen-bond donors (Lipinski definition) is 1. The third-order valence-electron chi connectivity index (χ3n) is 3.58. The molecule has 8 heteroatoms. The van der Waals surface area contributed by atoms with Crippen molar-refractivity contribution < 1.29 is 8.95 Å². The van der Waals surface area contributed by atoms with Crippen molar-refractivity contribution in [1.82, 2.24) is 9.97 Å². The van der Waals surface area contributed by atoms with Gasteiger partial charge in [0, 0.05) is 16.6 Å². The fourth-order valence-electron chi connectivity index (χ4n) is 2.32. The number of nitrogens with zero attached hydrogens (tertiary/aromatic N) is 2. The summed E-state index contributed by atoms with van der Waals surface area (Å²) in [7, 11) is -1.44. The van der Waals surface area contributed by atoms with Crippen LogP contribution in [-0.2, 0) is 15.5 Å². The van der Waals surface area contributed by atoms with Gasteiger partial charge in [0.1, 0.15) is 20.6 Å². The third-order valence-corrected chi connectivity index (χ3v) is 7.02. The molecule has 0 aliphatic carbocycles. The van der Waals surface area contributed by atoms with Gasteiger partial charge in [0.15, 0.2) is 4.34 Å². The molecule has 130 valence electrons. The van der Waals surface area contributed by atoms with Crippen LogP contribution in [-0.4, -0.2) is 21.3 Å². The van der Waals surface area contributed by atoms with Gasteiger partial charge in [-0.1, -0.05) is 17.7 Å². The molecule has 2 heterocycles. The highest BCUT2D eigenvalue weighted by Crippen LogP contribution is 2.32. The van der Waals surface area contributed by atoms with E-state index >= 15 is 0 Å². The maximum Gasteiger partial charge on any atom is 0.190 e. The minimum atomic E-state index is -3.05. The first kappa shape index (κ1) is 17.8. The fourth-order valence-corrected chi connectivity index (χ4v) is 5.18. The average Bonchev–Trinajstić information content (AvgIpc) is 3.00. The van der Waals surface area contributed by atoms with Crippen LogP contribution in [0, 0.1) is 11.7 Å². The van der Waals surface area contributed by atoms with E-state index in [0.29, 0.717) is 15.1 Å². The van der Waals surface area contributed by atoms with E-state index in [0.717, 1.165) is 21.9 Å². The number of rotatable bonds is 5. The minimum absolute atomic E-state index is 0.0617. The number of thiazole rings is 1. The Kier molecular flexibility index (Phi) is 5.08. The highest BCUT2D eigenvalue weighted by molar-refractivity contribution is 7.93. The van der Waals surface area contributed by atoms with Gasteiger partial charge in [-0.15, -0.1) is 11.3 Å². The van der Waals surface area contributed by atoms with Gasteiger partial charge in [-0.3, -0.25) is 0 Å². The van der Waals surface area contributed by atoms with Crippen molar-refractivity contribution in [2.45, 2.75) is 17.0 Å². The van der Waals surface area contributed by atoms with E-state index in [1.54, 1.807) is 25.4 Å². The number of hydrogen-bond acceptors (Lipinski definition) is 6. The van der Waals surface area contributed by atoms with Crippen molar-refractivity contribution in [2.75, 3.05) is 7.11 Å². The first-order valence-corrected chi connectivity index (χ1v) is 10.3. The molecule has 1 aromatic carbocycles. The summed E-state index contributed by atoms with van der Waals surface area (Å²) in [5.74, 6) is 0.822. The van der Waals surface area contributed by atoms with Crippen molar-refractivity contribution in [2.24, 2.45) is 0 Å². The third kappa shape index (κ3) is 4.00.